The molecule has 1 N–H and O–H groups in total. The molecule has 0 bridgehead atoms. The van der Waals surface area contributed by atoms with Crippen molar-refractivity contribution in [3.63, 3.8) is 0 Å². The number of piperidine rings is 1. The van der Waals surface area contributed by atoms with Crippen LogP contribution in [0.4, 0.5) is 0 Å². The van der Waals surface area contributed by atoms with Gasteiger partial charge in [0, 0.05) is 37.2 Å². The molecule has 4 nitrogen and oxygen atoms in total. The molecule has 3 rings (SSSR count). The average molecular weight is 323 g/mol. The standard InChI is InChI=1S/C20H25N3O/c1-15(2)12-20(24)23-10-8-17(9-11-23)19-14-18(21-22-19)13-16-6-4-3-5-7-16/h3-7,12,14,17H,8-11,13H2,1-2H3,(H,21,22). The van der Waals surface area contributed by atoms with Crippen LogP contribution in [0.3, 0.4) is 0 Å². The molecule has 2 aromatic rings. The number of aromatic nitrogens is 2. The SMILES string of the molecule is CC(C)=CC(=O)N1CCC(c2cc(Cc3ccccc3)[nH]n2)CC1. The maximum absolute atomic E-state index is 12.1. The van der Waals surface area contributed by atoms with E-state index in [4.69, 9.17) is 0 Å². The lowest BCUT2D eigenvalue weighted by Crippen LogP contribution is -2.37. The number of hydrogen-bond acceptors (Lipinski definition) is 2. The lowest BCUT2D eigenvalue weighted by Gasteiger charge is -2.30. The summed E-state index contributed by atoms with van der Waals surface area (Å²) in [5.74, 6) is 0.585. The predicted octanol–water partition coefficient (Wildman–Crippen LogP) is 3.67. The second kappa shape index (κ2) is 7.47. The number of rotatable bonds is 4. The molecular weight excluding hydrogens is 298 g/mol. The zero-order chi connectivity index (χ0) is 16.9. The van der Waals surface area contributed by atoms with Crippen molar-refractivity contribution >= 4 is 5.91 Å². The third-order valence-corrected chi connectivity index (χ3v) is 4.53. The van der Waals surface area contributed by atoms with Crippen molar-refractivity contribution in [2.24, 2.45) is 0 Å². The van der Waals surface area contributed by atoms with Crippen molar-refractivity contribution in [1.82, 2.24) is 15.1 Å². The Bertz CT molecular complexity index is 705. The van der Waals surface area contributed by atoms with Gasteiger partial charge in [-0.1, -0.05) is 35.9 Å². The zero-order valence-corrected chi connectivity index (χ0v) is 14.5. The maximum atomic E-state index is 12.1. The van der Waals surface area contributed by atoms with Gasteiger partial charge in [-0.25, -0.2) is 0 Å². The summed E-state index contributed by atoms with van der Waals surface area (Å²) in [7, 11) is 0. The highest BCUT2D eigenvalue weighted by Gasteiger charge is 2.24. The fraction of sp³-hybridized carbons (Fsp3) is 0.400. The summed E-state index contributed by atoms with van der Waals surface area (Å²) in [6.45, 7) is 5.55. The Morgan fingerprint density at radius 3 is 2.62 bits per heavy atom. The highest BCUT2D eigenvalue weighted by molar-refractivity contribution is 5.88. The Kier molecular flexibility index (Phi) is 5.14. The van der Waals surface area contributed by atoms with E-state index in [1.165, 1.54) is 5.56 Å². The molecule has 24 heavy (non-hydrogen) atoms. The van der Waals surface area contributed by atoms with E-state index in [1.807, 2.05) is 24.8 Å². The van der Waals surface area contributed by atoms with Gasteiger partial charge in [0.05, 0.1) is 5.69 Å². The van der Waals surface area contributed by atoms with E-state index in [9.17, 15) is 4.79 Å². The predicted molar refractivity (Wildman–Crippen MR) is 95.8 cm³/mol. The van der Waals surface area contributed by atoms with E-state index in [-0.39, 0.29) is 5.91 Å². The van der Waals surface area contributed by atoms with Gasteiger partial charge in [0.15, 0.2) is 0 Å². The van der Waals surface area contributed by atoms with Crippen molar-refractivity contribution in [2.75, 3.05) is 13.1 Å². The van der Waals surface area contributed by atoms with Crippen LogP contribution in [-0.4, -0.2) is 34.1 Å². The zero-order valence-electron chi connectivity index (χ0n) is 14.5. The Hall–Kier alpha value is -2.36. The minimum atomic E-state index is 0.139. The lowest BCUT2D eigenvalue weighted by atomic mass is 9.93. The van der Waals surface area contributed by atoms with Crippen LogP contribution in [0.1, 0.15) is 49.6 Å². The normalized spacial score (nSPS) is 15.3. The molecule has 1 aromatic carbocycles. The summed E-state index contributed by atoms with van der Waals surface area (Å²) in [6.07, 6.45) is 4.58. The lowest BCUT2D eigenvalue weighted by molar-refractivity contribution is -0.127. The summed E-state index contributed by atoms with van der Waals surface area (Å²) in [4.78, 5) is 14.0. The highest BCUT2D eigenvalue weighted by Crippen LogP contribution is 2.27. The van der Waals surface area contributed by atoms with Gasteiger partial charge >= 0.3 is 0 Å². The smallest absolute Gasteiger partial charge is 0.246 e. The number of allylic oxidation sites excluding steroid dienone is 1. The van der Waals surface area contributed by atoms with Gasteiger partial charge in [-0.15, -0.1) is 0 Å². The molecule has 0 aliphatic carbocycles. The van der Waals surface area contributed by atoms with Crippen molar-refractivity contribution in [3.05, 3.63) is 65.0 Å². The summed E-state index contributed by atoms with van der Waals surface area (Å²) in [5.41, 5.74) is 4.63. The molecule has 126 valence electrons. The van der Waals surface area contributed by atoms with Crippen LogP contribution in [0.15, 0.2) is 48.0 Å². The van der Waals surface area contributed by atoms with Gasteiger partial charge in [-0.2, -0.15) is 5.10 Å². The van der Waals surface area contributed by atoms with Crippen LogP contribution in [0.2, 0.25) is 0 Å². The molecule has 1 aliphatic rings. The average Bonchev–Trinajstić information content (AvgIpc) is 3.04. The third-order valence-electron chi connectivity index (χ3n) is 4.53. The molecule has 0 unspecified atom stereocenters. The van der Waals surface area contributed by atoms with Crippen molar-refractivity contribution in [2.45, 2.75) is 39.0 Å². The van der Waals surface area contributed by atoms with E-state index in [0.29, 0.717) is 5.92 Å². The van der Waals surface area contributed by atoms with Crippen molar-refractivity contribution < 1.29 is 4.79 Å². The molecule has 1 amide bonds. The van der Waals surface area contributed by atoms with E-state index in [2.05, 4.69) is 40.5 Å². The molecular formula is C20H25N3O. The molecule has 2 heterocycles. The number of benzene rings is 1. The van der Waals surface area contributed by atoms with Crippen LogP contribution in [0, 0.1) is 0 Å². The van der Waals surface area contributed by atoms with Gasteiger partial charge in [-0.05, 0) is 38.3 Å². The second-order valence-electron chi connectivity index (χ2n) is 6.80. The Balaban J connectivity index is 1.57. The first-order valence-electron chi connectivity index (χ1n) is 8.64. The monoisotopic (exact) mass is 323 g/mol. The number of likely N-dealkylation sites (tertiary alicyclic amines) is 1. The summed E-state index contributed by atoms with van der Waals surface area (Å²) >= 11 is 0. The Morgan fingerprint density at radius 2 is 1.96 bits per heavy atom. The van der Waals surface area contributed by atoms with E-state index < -0.39 is 0 Å². The molecule has 0 saturated carbocycles. The number of nitrogens with zero attached hydrogens (tertiary/aromatic N) is 2. The summed E-state index contributed by atoms with van der Waals surface area (Å²) in [5, 5.41) is 7.69. The maximum Gasteiger partial charge on any atom is 0.246 e. The second-order valence-corrected chi connectivity index (χ2v) is 6.80. The first-order valence-corrected chi connectivity index (χ1v) is 8.64. The molecule has 1 aromatic heterocycles. The van der Waals surface area contributed by atoms with E-state index in [1.54, 1.807) is 6.08 Å². The molecule has 1 fully saturated rings. The van der Waals surface area contributed by atoms with Crippen LogP contribution in [-0.2, 0) is 11.2 Å². The van der Waals surface area contributed by atoms with Crippen LogP contribution in [0.25, 0.3) is 0 Å². The number of aromatic amines is 1. The number of H-pyrrole nitrogens is 1. The Labute approximate surface area is 143 Å². The molecule has 4 heteroatoms. The molecule has 1 saturated heterocycles. The van der Waals surface area contributed by atoms with Crippen LogP contribution < -0.4 is 0 Å². The minimum absolute atomic E-state index is 0.139. The summed E-state index contributed by atoms with van der Waals surface area (Å²) < 4.78 is 0. The molecule has 0 atom stereocenters. The Morgan fingerprint density at radius 1 is 1.25 bits per heavy atom. The van der Waals surface area contributed by atoms with Crippen molar-refractivity contribution in [3.8, 4) is 0 Å². The van der Waals surface area contributed by atoms with E-state index in [0.717, 1.165) is 49.3 Å². The molecule has 0 radical (unpaired) electrons. The number of hydrogen-bond donors (Lipinski definition) is 1. The quantitative estimate of drug-likeness (QED) is 0.873. The fourth-order valence-electron chi connectivity index (χ4n) is 3.23. The first kappa shape index (κ1) is 16.5. The topological polar surface area (TPSA) is 49.0 Å². The van der Waals surface area contributed by atoms with Crippen molar-refractivity contribution in [1.29, 1.82) is 0 Å². The van der Waals surface area contributed by atoms with Crippen LogP contribution >= 0.6 is 0 Å². The largest absolute Gasteiger partial charge is 0.339 e. The van der Waals surface area contributed by atoms with Gasteiger partial charge in [0.1, 0.15) is 0 Å². The van der Waals surface area contributed by atoms with Gasteiger partial charge in [0.2, 0.25) is 5.91 Å². The molecule has 1 aliphatic heterocycles. The number of carbonyl (C=O) groups excluding carboxylic acids is 1. The minimum Gasteiger partial charge on any atom is -0.339 e. The number of amides is 1. The van der Waals surface area contributed by atoms with Gasteiger partial charge in [0.25, 0.3) is 0 Å². The third kappa shape index (κ3) is 4.13. The number of carbonyl (C=O) groups is 1. The van der Waals surface area contributed by atoms with Crippen LogP contribution in [0.5, 0.6) is 0 Å². The summed E-state index contributed by atoms with van der Waals surface area (Å²) in [6, 6.07) is 12.6. The highest BCUT2D eigenvalue weighted by atomic mass is 16.2. The fourth-order valence-corrected chi connectivity index (χ4v) is 3.23. The first-order chi connectivity index (χ1) is 11.6. The van der Waals surface area contributed by atoms with Gasteiger partial charge < -0.3 is 4.90 Å². The van der Waals surface area contributed by atoms with Gasteiger partial charge in [-0.3, -0.25) is 9.89 Å². The molecule has 0 spiro atoms. The number of nitrogens with one attached hydrogen (secondary N) is 1. The van der Waals surface area contributed by atoms with E-state index >= 15 is 0 Å².